The Balaban J connectivity index is 1.79. The molecular weight excluding hydrogens is 332 g/mol. The molecular formula is C20H22N2O4. The molecule has 136 valence electrons. The van der Waals surface area contributed by atoms with E-state index in [1.54, 1.807) is 24.3 Å². The van der Waals surface area contributed by atoms with Crippen LogP contribution in [-0.2, 0) is 4.79 Å². The Labute approximate surface area is 152 Å². The number of hydrogen-bond donors (Lipinski definition) is 2. The van der Waals surface area contributed by atoms with Crippen LogP contribution < -0.4 is 20.1 Å². The third-order valence-corrected chi connectivity index (χ3v) is 4.32. The van der Waals surface area contributed by atoms with Gasteiger partial charge in [-0.1, -0.05) is 6.07 Å². The van der Waals surface area contributed by atoms with Gasteiger partial charge in [-0.3, -0.25) is 9.59 Å². The van der Waals surface area contributed by atoms with Gasteiger partial charge in [0.05, 0.1) is 14.2 Å². The van der Waals surface area contributed by atoms with Crippen molar-refractivity contribution in [3.05, 3.63) is 47.5 Å². The zero-order valence-electron chi connectivity index (χ0n) is 15.1. The van der Waals surface area contributed by atoms with Gasteiger partial charge in [-0.25, -0.2) is 0 Å². The topological polar surface area (TPSA) is 76.7 Å². The minimum absolute atomic E-state index is 0.0312. The van der Waals surface area contributed by atoms with Crippen molar-refractivity contribution in [1.82, 2.24) is 0 Å². The molecule has 0 unspecified atom stereocenters. The molecule has 6 nitrogen and oxygen atoms in total. The molecule has 0 heterocycles. The maximum atomic E-state index is 12.6. The van der Waals surface area contributed by atoms with E-state index in [0.29, 0.717) is 28.4 Å². The molecule has 1 aliphatic carbocycles. The van der Waals surface area contributed by atoms with Crippen molar-refractivity contribution < 1.29 is 19.1 Å². The second-order valence-electron chi connectivity index (χ2n) is 6.35. The number of carbonyl (C=O) groups excluding carboxylic acids is 2. The molecule has 1 aliphatic rings. The first-order chi connectivity index (χ1) is 12.5. The highest BCUT2D eigenvalue weighted by molar-refractivity contribution is 6.05. The lowest BCUT2D eigenvalue weighted by Crippen LogP contribution is -2.15. The van der Waals surface area contributed by atoms with Crippen LogP contribution >= 0.6 is 0 Å². The van der Waals surface area contributed by atoms with Crippen molar-refractivity contribution in [1.29, 1.82) is 0 Å². The van der Waals surface area contributed by atoms with Crippen LogP contribution in [0.1, 0.15) is 28.8 Å². The summed E-state index contributed by atoms with van der Waals surface area (Å²) in [6.07, 6.45) is 1.89. The molecule has 0 aromatic heterocycles. The van der Waals surface area contributed by atoms with Crippen LogP contribution in [0.5, 0.6) is 11.5 Å². The van der Waals surface area contributed by atoms with Crippen LogP contribution in [0.3, 0.4) is 0 Å². The smallest absolute Gasteiger partial charge is 0.255 e. The summed E-state index contributed by atoms with van der Waals surface area (Å²) in [5.74, 6) is 0.951. The Morgan fingerprint density at radius 1 is 0.962 bits per heavy atom. The Kier molecular flexibility index (Phi) is 5.11. The molecule has 0 saturated heterocycles. The standard InChI is InChI=1S/C20H22N2O4/c1-12-4-7-15(21-19(23)13-5-6-13)10-18(12)22-20(24)14-8-16(25-2)11-17(9-14)26-3/h4,7-11,13H,5-6H2,1-3H3,(H,21,23)(H,22,24). The Morgan fingerprint density at radius 2 is 1.62 bits per heavy atom. The van der Waals surface area contributed by atoms with E-state index in [-0.39, 0.29) is 17.7 Å². The Hall–Kier alpha value is -3.02. The molecule has 0 bridgehead atoms. The monoisotopic (exact) mass is 354 g/mol. The molecule has 0 radical (unpaired) electrons. The summed E-state index contributed by atoms with van der Waals surface area (Å²) >= 11 is 0. The van der Waals surface area contributed by atoms with Gasteiger partial charge in [0, 0.05) is 28.9 Å². The Bertz CT molecular complexity index is 821. The quantitative estimate of drug-likeness (QED) is 0.831. The first-order valence-electron chi connectivity index (χ1n) is 8.46. The lowest BCUT2D eigenvalue weighted by atomic mass is 10.1. The van der Waals surface area contributed by atoms with Gasteiger partial charge in [-0.05, 0) is 49.6 Å². The van der Waals surface area contributed by atoms with Crippen LogP contribution in [0.25, 0.3) is 0 Å². The van der Waals surface area contributed by atoms with Crippen molar-refractivity contribution in [2.75, 3.05) is 24.9 Å². The van der Waals surface area contributed by atoms with Crippen molar-refractivity contribution in [3.8, 4) is 11.5 Å². The summed E-state index contributed by atoms with van der Waals surface area (Å²) in [7, 11) is 3.07. The molecule has 0 atom stereocenters. The average molecular weight is 354 g/mol. The van der Waals surface area contributed by atoms with Crippen LogP contribution in [0, 0.1) is 12.8 Å². The number of carbonyl (C=O) groups is 2. The fourth-order valence-corrected chi connectivity index (χ4v) is 2.56. The minimum Gasteiger partial charge on any atom is -0.497 e. The summed E-state index contributed by atoms with van der Waals surface area (Å²) in [6, 6.07) is 10.5. The summed E-state index contributed by atoms with van der Waals surface area (Å²) in [5.41, 5.74) is 2.64. The molecule has 0 aliphatic heterocycles. The number of methoxy groups -OCH3 is 2. The van der Waals surface area contributed by atoms with E-state index in [9.17, 15) is 9.59 Å². The molecule has 2 amide bonds. The normalized spacial score (nSPS) is 13.0. The molecule has 1 fully saturated rings. The van der Waals surface area contributed by atoms with Crippen LogP contribution in [-0.4, -0.2) is 26.0 Å². The van der Waals surface area contributed by atoms with E-state index in [2.05, 4.69) is 10.6 Å². The molecule has 2 N–H and O–H groups in total. The predicted octanol–water partition coefficient (Wildman–Crippen LogP) is 3.61. The molecule has 26 heavy (non-hydrogen) atoms. The SMILES string of the molecule is COc1cc(OC)cc(C(=O)Nc2cc(NC(=O)C3CC3)ccc2C)c1. The van der Waals surface area contributed by atoms with E-state index in [4.69, 9.17) is 9.47 Å². The van der Waals surface area contributed by atoms with E-state index < -0.39 is 0 Å². The van der Waals surface area contributed by atoms with Crippen LogP contribution in [0.15, 0.2) is 36.4 Å². The summed E-state index contributed by atoms with van der Waals surface area (Å²) in [6.45, 7) is 1.90. The molecule has 1 saturated carbocycles. The fraction of sp³-hybridized carbons (Fsp3) is 0.300. The first-order valence-corrected chi connectivity index (χ1v) is 8.46. The second kappa shape index (κ2) is 7.47. The molecule has 0 spiro atoms. The molecule has 6 heteroatoms. The number of amides is 2. The number of anilines is 2. The number of aryl methyl sites for hydroxylation is 1. The Morgan fingerprint density at radius 3 is 2.19 bits per heavy atom. The van der Waals surface area contributed by atoms with Gasteiger partial charge in [-0.15, -0.1) is 0 Å². The van der Waals surface area contributed by atoms with Crippen LogP contribution in [0.2, 0.25) is 0 Å². The van der Waals surface area contributed by atoms with Gasteiger partial charge in [0.1, 0.15) is 11.5 Å². The largest absolute Gasteiger partial charge is 0.497 e. The minimum atomic E-state index is -0.282. The van der Waals surface area contributed by atoms with E-state index in [0.717, 1.165) is 18.4 Å². The molecule has 2 aromatic carbocycles. The van der Waals surface area contributed by atoms with Gasteiger partial charge in [-0.2, -0.15) is 0 Å². The number of rotatable bonds is 6. The molecule has 2 aromatic rings. The van der Waals surface area contributed by atoms with Crippen molar-refractivity contribution in [3.63, 3.8) is 0 Å². The summed E-state index contributed by atoms with van der Waals surface area (Å²) in [5, 5.41) is 5.78. The predicted molar refractivity (Wildman–Crippen MR) is 100 cm³/mol. The summed E-state index contributed by atoms with van der Waals surface area (Å²) < 4.78 is 10.4. The highest BCUT2D eigenvalue weighted by Gasteiger charge is 2.29. The van der Waals surface area contributed by atoms with Gasteiger partial charge in [0.2, 0.25) is 5.91 Å². The van der Waals surface area contributed by atoms with E-state index >= 15 is 0 Å². The van der Waals surface area contributed by atoms with Crippen LogP contribution in [0.4, 0.5) is 11.4 Å². The van der Waals surface area contributed by atoms with Gasteiger partial charge in [0.15, 0.2) is 0 Å². The van der Waals surface area contributed by atoms with E-state index in [1.807, 2.05) is 19.1 Å². The number of nitrogens with one attached hydrogen (secondary N) is 2. The highest BCUT2D eigenvalue weighted by Crippen LogP contribution is 2.31. The second-order valence-corrected chi connectivity index (χ2v) is 6.35. The van der Waals surface area contributed by atoms with Gasteiger partial charge < -0.3 is 20.1 Å². The maximum absolute atomic E-state index is 12.6. The lowest BCUT2D eigenvalue weighted by Gasteiger charge is -2.13. The first kappa shape index (κ1) is 17.8. The third kappa shape index (κ3) is 4.14. The zero-order chi connectivity index (χ0) is 18.7. The number of hydrogen-bond acceptors (Lipinski definition) is 4. The third-order valence-electron chi connectivity index (χ3n) is 4.32. The summed E-state index contributed by atoms with van der Waals surface area (Å²) in [4.78, 5) is 24.6. The average Bonchev–Trinajstić information content (AvgIpc) is 3.49. The molecule has 3 rings (SSSR count). The van der Waals surface area contributed by atoms with Crippen molar-refractivity contribution in [2.24, 2.45) is 5.92 Å². The number of ether oxygens (including phenoxy) is 2. The highest BCUT2D eigenvalue weighted by atomic mass is 16.5. The number of benzene rings is 2. The van der Waals surface area contributed by atoms with Crippen molar-refractivity contribution >= 4 is 23.2 Å². The lowest BCUT2D eigenvalue weighted by molar-refractivity contribution is -0.117. The fourth-order valence-electron chi connectivity index (χ4n) is 2.56. The van der Waals surface area contributed by atoms with Crippen molar-refractivity contribution in [2.45, 2.75) is 19.8 Å². The zero-order valence-corrected chi connectivity index (χ0v) is 15.1. The maximum Gasteiger partial charge on any atom is 0.255 e. The van der Waals surface area contributed by atoms with Gasteiger partial charge in [0.25, 0.3) is 5.91 Å². The van der Waals surface area contributed by atoms with E-state index in [1.165, 1.54) is 14.2 Å². The van der Waals surface area contributed by atoms with Gasteiger partial charge >= 0.3 is 0 Å².